The van der Waals surface area contributed by atoms with E-state index in [0.29, 0.717) is 16.9 Å². The fourth-order valence-electron chi connectivity index (χ4n) is 1.98. The van der Waals surface area contributed by atoms with Crippen molar-refractivity contribution in [2.45, 2.75) is 13.5 Å². The van der Waals surface area contributed by atoms with E-state index in [2.05, 4.69) is 0 Å². The molecule has 0 heterocycles. The van der Waals surface area contributed by atoms with E-state index in [-0.39, 0.29) is 24.8 Å². The number of Topliss-reactive ketones (excluding diaryl/α,β-unsaturated/α-hetero) is 1. The van der Waals surface area contributed by atoms with Crippen LogP contribution in [0.25, 0.3) is 0 Å². The van der Waals surface area contributed by atoms with E-state index in [0.717, 1.165) is 5.56 Å². The maximum absolute atomic E-state index is 13.4. The van der Waals surface area contributed by atoms with Gasteiger partial charge in [-0.05, 0) is 30.7 Å². The van der Waals surface area contributed by atoms with Crippen LogP contribution in [-0.2, 0) is 11.3 Å². The van der Waals surface area contributed by atoms with Crippen LogP contribution < -0.4 is 4.74 Å². The Bertz CT molecular complexity index is 638. The van der Waals surface area contributed by atoms with Gasteiger partial charge in [0.25, 0.3) is 0 Å². The molecule has 2 rings (SSSR count). The van der Waals surface area contributed by atoms with Gasteiger partial charge in [-0.15, -0.1) is 0 Å². The molecule has 0 saturated heterocycles. The van der Waals surface area contributed by atoms with Gasteiger partial charge in [0.15, 0.2) is 5.78 Å². The molecule has 2 aromatic carbocycles. The Morgan fingerprint density at radius 3 is 2.67 bits per heavy atom. The molecule has 0 atom stereocenters. The summed E-state index contributed by atoms with van der Waals surface area (Å²) in [7, 11) is 1.52. The molecule has 0 fully saturated rings. The van der Waals surface area contributed by atoms with Crippen molar-refractivity contribution in [2.24, 2.45) is 0 Å². The molecule has 0 aliphatic carbocycles. The quantitative estimate of drug-likeness (QED) is 0.763. The number of rotatable bonds is 6. The van der Waals surface area contributed by atoms with E-state index in [9.17, 15) is 9.18 Å². The highest BCUT2D eigenvalue weighted by Gasteiger charge is 2.13. The molecular formula is C17H17FO3. The van der Waals surface area contributed by atoms with E-state index >= 15 is 0 Å². The van der Waals surface area contributed by atoms with Gasteiger partial charge in [0, 0.05) is 5.56 Å². The van der Waals surface area contributed by atoms with Gasteiger partial charge >= 0.3 is 0 Å². The number of ether oxygens (including phenoxy) is 2. The Hall–Kier alpha value is -2.20. The largest absolute Gasteiger partial charge is 0.496 e. The van der Waals surface area contributed by atoms with Crippen molar-refractivity contribution in [1.82, 2.24) is 0 Å². The van der Waals surface area contributed by atoms with Crippen LogP contribution in [0, 0.1) is 12.7 Å². The maximum Gasteiger partial charge on any atom is 0.192 e. The van der Waals surface area contributed by atoms with Gasteiger partial charge in [0.1, 0.15) is 18.2 Å². The summed E-state index contributed by atoms with van der Waals surface area (Å²) in [6.45, 7) is 1.87. The van der Waals surface area contributed by atoms with Crippen LogP contribution in [0.5, 0.6) is 5.75 Å². The van der Waals surface area contributed by atoms with Crippen molar-refractivity contribution in [3.05, 3.63) is 65.0 Å². The van der Waals surface area contributed by atoms with E-state index in [1.807, 2.05) is 13.0 Å². The summed E-state index contributed by atoms with van der Waals surface area (Å²) in [5.41, 5.74) is 1.91. The SMILES string of the molecule is COc1cc(C)ccc1C(=O)COCc1ccccc1F. The molecule has 2 aromatic rings. The molecule has 0 saturated carbocycles. The predicted octanol–water partition coefficient (Wildman–Crippen LogP) is 3.54. The Labute approximate surface area is 123 Å². The maximum atomic E-state index is 13.4. The number of halogens is 1. The molecule has 0 aliphatic rings. The average Bonchev–Trinajstić information content (AvgIpc) is 2.48. The summed E-state index contributed by atoms with van der Waals surface area (Å²) in [6.07, 6.45) is 0. The van der Waals surface area contributed by atoms with Gasteiger partial charge in [0.05, 0.1) is 19.3 Å². The van der Waals surface area contributed by atoms with Crippen LogP contribution in [0.3, 0.4) is 0 Å². The Kier molecular flexibility index (Phi) is 5.06. The highest BCUT2D eigenvalue weighted by molar-refractivity contribution is 5.99. The third-order valence-corrected chi connectivity index (χ3v) is 3.11. The first-order valence-electron chi connectivity index (χ1n) is 6.61. The summed E-state index contributed by atoms with van der Waals surface area (Å²) in [4.78, 5) is 12.1. The molecule has 0 radical (unpaired) electrons. The van der Waals surface area contributed by atoms with Crippen LogP contribution in [-0.4, -0.2) is 19.5 Å². The number of hydrogen-bond acceptors (Lipinski definition) is 3. The number of carbonyl (C=O) groups excluding carboxylic acids is 1. The monoisotopic (exact) mass is 288 g/mol. The van der Waals surface area contributed by atoms with Crippen LogP contribution in [0.15, 0.2) is 42.5 Å². The second kappa shape index (κ2) is 6.99. The minimum absolute atomic E-state index is 0.0621. The van der Waals surface area contributed by atoms with Crippen molar-refractivity contribution in [1.29, 1.82) is 0 Å². The first-order chi connectivity index (χ1) is 10.1. The minimum Gasteiger partial charge on any atom is -0.496 e. The molecule has 110 valence electrons. The first kappa shape index (κ1) is 15.2. The highest BCUT2D eigenvalue weighted by atomic mass is 19.1. The van der Waals surface area contributed by atoms with Crippen molar-refractivity contribution in [2.75, 3.05) is 13.7 Å². The Balaban J connectivity index is 1.98. The zero-order valence-electron chi connectivity index (χ0n) is 12.1. The summed E-state index contributed by atoms with van der Waals surface area (Å²) in [6, 6.07) is 11.7. The fraction of sp³-hybridized carbons (Fsp3) is 0.235. The second-order valence-corrected chi connectivity index (χ2v) is 4.71. The Morgan fingerprint density at radius 1 is 1.19 bits per heavy atom. The summed E-state index contributed by atoms with van der Waals surface area (Å²) in [5, 5.41) is 0. The van der Waals surface area contributed by atoms with Crippen LogP contribution >= 0.6 is 0 Å². The van der Waals surface area contributed by atoms with Crippen molar-refractivity contribution in [3.8, 4) is 5.75 Å². The van der Waals surface area contributed by atoms with Crippen molar-refractivity contribution < 1.29 is 18.7 Å². The Morgan fingerprint density at radius 2 is 1.95 bits per heavy atom. The molecule has 0 bridgehead atoms. The number of ketones is 1. The van der Waals surface area contributed by atoms with E-state index < -0.39 is 0 Å². The molecule has 0 spiro atoms. The molecule has 21 heavy (non-hydrogen) atoms. The zero-order valence-corrected chi connectivity index (χ0v) is 12.1. The molecule has 0 unspecified atom stereocenters. The van der Waals surface area contributed by atoms with E-state index in [1.54, 1.807) is 30.3 Å². The van der Waals surface area contributed by atoms with E-state index in [4.69, 9.17) is 9.47 Å². The standard InChI is InChI=1S/C17H17FO3/c1-12-7-8-14(17(9-12)20-2)16(19)11-21-10-13-5-3-4-6-15(13)18/h3-9H,10-11H2,1-2H3. The predicted molar refractivity (Wildman–Crippen MR) is 78.1 cm³/mol. The molecule has 4 heteroatoms. The molecular weight excluding hydrogens is 271 g/mol. The molecule has 3 nitrogen and oxygen atoms in total. The molecule has 0 N–H and O–H groups in total. The lowest BCUT2D eigenvalue weighted by Gasteiger charge is -2.09. The van der Waals surface area contributed by atoms with Gasteiger partial charge in [-0.25, -0.2) is 4.39 Å². The van der Waals surface area contributed by atoms with Crippen LogP contribution in [0.4, 0.5) is 4.39 Å². The smallest absolute Gasteiger partial charge is 0.192 e. The van der Waals surface area contributed by atoms with Crippen molar-refractivity contribution in [3.63, 3.8) is 0 Å². The number of benzene rings is 2. The molecule has 0 amide bonds. The lowest BCUT2D eigenvalue weighted by molar-refractivity contribution is 0.0718. The zero-order chi connectivity index (χ0) is 15.2. The lowest BCUT2D eigenvalue weighted by Crippen LogP contribution is -2.11. The van der Waals surface area contributed by atoms with Gasteiger partial charge in [-0.2, -0.15) is 0 Å². The number of methoxy groups -OCH3 is 1. The van der Waals surface area contributed by atoms with E-state index in [1.165, 1.54) is 13.2 Å². The number of carbonyl (C=O) groups is 1. The van der Waals surface area contributed by atoms with Gasteiger partial charge in [0.2, 0.25) is 0 Å². The third-order valence-electron chi connectivity index (χ3n) is 3.11. The number of aryl methyl sites for hydroxylation is 1. The topological polar surface area (TPSA) is 35.5 Å². The van der Waals surface area contributed by atoms with Crippen LogP contribution in [0.1, 0.15) is 21.5 Å². The summed E-state index contributed by atoms with van der Waals surface area (Å²) < 4.78 is 23.9. The fourth-order valence-corrected chi connectivity index (χ4v) is 1.98. The van der Waals surface area contributed by atoms with Crippen molar-refractivity contribution >= 4 is 5.78 Å². The summed E-state index contributed by atoms with van der Waals surface area (Å²) >= 11 is 0. The van der Waals surface area contributed by atoms with Gasteiger partial charge < -0.3 is 9.47 Å². The second-order valence-electron chi connectivity index (χ2n) is 4.71. The lowest BCUT2D eigenvalue weighted by atomic mass is 10.1. The average molecular weight is 288 g/mol. The minimum atomic E-state index is -0.335. The molecule has 0 aliphatic heterocycles. The van der Waals surface area contributed by atoms with Gasteiger partial charge in [-0.3, -0.25) is 4.79 Å². The summed E-state index contributed by atoms with van der Waals surface area (Å²) in [5.74, 6) is -0.00412. The first-order valence-corrected chi connectivity index (χ1v) is 6.61. The molecule has 0 aromatic heterocycles. The normalized spacial score (nSPS) is 10.4. The van der Waals surface area contributed by atoms with Crippen LogP contribution in [0.2, 0.25) is 0 Å². The highest BCUT2D eigenvalue weighted by Crippen LogP contribution is 2.20. The number of hydrogen-bond donors (Lipinski definition) is 0. The third kappa shape index (κ3) is 3.89. The van der Waals surface area contributed by atoms with Gasteiger partial charge in [-0.1, -0.05) is 24.3 Å².